The fraction of sp³-hybridized carbons (Fsp3) is 0.121. The second-order valence-electron chi connectivity index (χ2n) is 8.82. The molecule has 0 aromatic heterocycles. The fourth-order valence-electron chi connectivity index (χ4n) is 3.99. The minimum Gasteiger partial charge on any atom is -0.465 e. The largest absolute Gasteiger partial charge is 0.465 e. The Balaban J connectivity index is 1.32. The molecule has 1 atom stereocenters. The lowest BCUT2D eigenvalue weighted by molar-refractivity contribution is -0.137. The van der Waals surface area contributed by atoms with Crippen LogP contribution in [0.4, 0.5) is 0 Å². The Morgan fingerprint density at radius 1 is 0.875 bits per heavy atom. The lowest BCUT2D eigenvalue weighted by Crippen LogP contribution is -2.12. The Morgan fingerprint density at radius 3 is 2.17 bits per heavy atom. The van der Waals surface area contributed by atoms with Crippen molar-refractivity contribution < 1.29 is 34.3 Å². The van der Waals surface area contributed by atoms with Crippen molar-refractivity contribution in [3.63, 3.8) is 0 Å². The fourth-order valence-corrected chi connectivity index (χ4v) is 3.99. The van der Waals surface area contributed by atoms with Gasteiger partial charge in [0.25, 0.3) is 0 Å². The van der Waals surface area contributed by atoms with E-state index >= 15 is 0 Å². The third kappa shape index (κ3) is 7.60. The summed E-state index contributed by atoms with van der Waals surface area (Å²) in [6.07, 6.45) is 5.53. The van der Waals surface area contributed by atoms with Crippen LogP contribution in [0, 0.1) is 0 Å². The molecule has 0 amide bonds. The van der Waals surface area contributed by atoms with Gasteiger partial charge in [-0.1, -0.05) is 56.3 Å². The molecule has 0 aliphatic rings. The van der Waals surface area contributed by atoms with Crippen molar-refractivity contribution >= 4 is 12.0 Å². The molecule has 0 saturated carbocycles. The monoisotopic (exact) mass is 538 g/mol. The van der Waals surface area contributed by atoms with Gasteiger partial charge in [0.2, 0.25) is 6.29 Å². The van der Waals surface area contributed by atoms with Crippen LogP contribution in [0.5, 0.6) is 23.0 Å². The zero-order valence-electron chi connectivity index (χ0n) is 22.0. The molecule has 40 heavy (non-hydrogen) atoms. The first-order chi connectivity index (χ1) is 19.5. The maximum absolute atomic E-state index is 12.3. The number of aliphatic hydroxyl groups excluding tert-OH is 1. The minimum atomic E-state index is -1.17. The Morgan fingerprint density at radius 2 is 1.52 bits per heavy atom. The molecule has 0 bridgehead atoms. The summed E-state index contributed by atoms with van der Waals surface area (Å²) in [6, 6.07) is 26.3. The average Bonchev–Trinajstić information content (AvgIpc) is 2.98. The Kier molecular flexibility index (Phi) is 9.72. The lowest BCUT2D eigenvalue weighted by Gasteiger charge is -2.11. The van der Waals surface area contributed by atoms with Crippen LogP contribution in [-0.2, 0) is 6.42 Å². The van der Waals surface area contributed by atoms with Gasteiger partial charge in [-0.05, 0) is 95.4 Å². The van der Waals surface area contributed by atoms with Crippen molar-refractivity contribution in [2.45, 2.75) is 26.1 Å². The number of carbonyl (C=O) groups excluding carboxylic acids is 1. The van der Waals surface area contributed by atoms with Gasteiger partial charge in [0, 0.05) is 0 Å². The van der Waals surface area contributed by atoms with Gasteiger partial charge in [0.05, 0.1) is 11.8 Å². The Hall–Kier alpha value is -4.85. The lowest BCUT2D eigenvalue weighted by atomic mass is 9.99. The number of esters is 1. The average molecular weight is 539 g/mol. The third-order valence-electron chi connectivity index (χ3n) is 5.97. The van der Waals surface area contributed by atoms with E-state index < -0.39 is 12.3 Å². The first-order valence-electron chi connectivity index (χ1n) is 12.8. The van der Waals surface area contributed by atoms with E-state index in [-0.39, 0.29) is 5.75 Å². The van der Waals surface area contributed by atoms with E-state index in [0.717, 1.165) is 40.8 Å². The van der Waals surface area contributed by atoms with Crippen molar-refractivity contribution in [1.82, 2.24) is 0 Å². The number of rotatable bonds is 12. The molecule has 7 heteroatoms. The number of hydrogen-bond acceptors (Lipinski definition) is 7. The molecule has 2 N–H and O–H groups in total. The van der Waals surface area contributed by atoms with Crippen molar-refractivity contribution in [2.75, 3.05) is 0 Å². The number of carbonyl (C=O) groups is 1. The van der Waals surface area contributed by atoms with Crippen LogP contribution in [0.1, 0.15) is 34.8 Å². The number of aliphatic hydroxyl groups is 1. The summed E-state index contributed by atoms with van der Waals surface area (Å²) in [5, 5.41) is 18.9. The predicted molar refractivity (Wildman–Crippen MR) is 153 cm³/mol. The van der Waals surface area contributed by atoms with E-state index in [1.165, 1.54) is 30.5 Å². The van der Waals surface area contributed by atoms with Gasteiger partial charge >= 0.3 is 5.97 Å². The van der Waals surface area contributed by atoms with E-state index in [0.29, 0.717) is 17.1 Å². The van der Waals surface area contributed by atoms with Crippen LogP contribution in [0.2, 0.25) is 0 Å². The normalized spacial score (nSPS) is 11.6. The SMILES string of the molecule is C=COc1ccc(-c2ccc(/C=C/C(O)Oc3ccc(OC(=O)c4ccc(OO)cc4)cc3)cc2)cc1CCC. The smallest absolute Gasteiger partial charge is 0.343 e. The summed E-state index contributed by atoms with van der Waals surface area (Å²) < 4.78 is 16.4. The van der Waals surface area contributed by atoms with Crippen LogP contribution in [0.25, 0.3) is 17.2 Å². The molecule has 0 aliphatic heterocycles. The number of ether oxygens (including phenoxy) is 3. The molecular formula is C33H30O7. The first-order valence-corrected chi connectivity index (χ1v) is 12.8. The van der Waals surface area contributed by atoms with Crippen LogP contribution in [-0.4, -0.2) is 22.6 Å². The Bertz CT molecular complexity index is 1440. The molecule has 0 heterocycles. The van der Waals surface area contributed by atoms with Gasteiger partial charge in [-0.3, -0.25) is 0 Å². The van der Waals surface area contributed by atoms with E-state index in [4.69, 9.17) is 19.5 Å². The summed E-state index contributed by atoms with van der Waals surface area (Å²) in [7, 11) is 0. The Labute approximate surface area is 233 Å². The zero-order valence-corrected chi connectivity index (χ0v) is 22.0. The van der Waals surface area contributed by atoms with Crippen LogP contribution >= 0.6 is 0 Å². The van der Waals surface area contributed by atoms with Gasteiger partial charge in [-0.15, -0.1) is 0 Å². The number of hydrogen-bond donors (Lipinski definition) is 2. The molecule has 0 aliphatic carbocycles. The van der Waals surface area contributed by atoms with E-state index in [1.807, 2.05) is 36.4 Å². The van der Waals surface area contributed by atoms with Crippen LogP contribution in [0.3, 0.4) is 0 Å². The minimum absolute atomic E-state index is 0.213. The highest BCUT2D eigenvalue weighted by atomic mass is 17.1. The standard InChI is InChI=1S/C33H30O7/c1-3-5-27-22-26(13-20-31(27)37-4-2)24-9-6-23(7-10-24)8-21-32(34)38-28-16-18-29(19-17-28)39-33(35)25-11-14-30(40-36)15-12-25/h4,6-22,32,34,36H,2-3,5H2,1H3/b21-8+. The molecule has 4 rings (SSSR count). The van der Waals surface area contributed by atoms with Crippen molar-refractivity contribution in [1.29, 1.82) is 0 Å². The first kappa shape index (κ1) is 28.2. The molecule has 0 fully saturated rings. The highest BCUT2D eigenvalue weighted by molar-refractivity contribution is 5.91. The molecule has 204 valence electrons. The van der Waals surface area contributed by atoms with Gasteiger partial charge in [0.1, 0.15) is 17.2 Å². The number of benzene rings is 4. The maximum Gasteiger partial charge on any atom is 0.343 e. The molecule has 1 unspecified atom stereocenters. The summed E-state index contributed by atoms with van der Waals surface area (Å²) in [6.45, 7) is 5.78. The topological polar surface area (TPSA) is 94.5 Å². The molecular weight excluding hydrogens is 508 g/mol. The highest BCUT2D eigenvalue weighted by Crippen LogP contribution is 2.28. The molecule has 4 aromatic rings. The summed E-state index contributed by atoms with van der Waals surface area (Å²) >= 11 is 0. The zero-order chi connectivity index (χ0) is 28.3. The summed E-state index contributed by atoms with van der Waals surface area (Å²) in [5.41, 5.74) is 4.52. The maximum atomic E-state index is 12.3. The summed E-state index contributed by atoms with van der Waals surface area (Å²) in [5.74, 6) is 1.20. The molecule has 4 aromatic carbocycles. The summed E-state index contributed by atoms with van der Waals surface area (Å²) in [4.78, 5) is 16.4. The van der Waals surface area contributed by atoms with Gasteiger partial charge < -0.3 is 24.2 Å². The second kappa shape index (κ2) is 13.8. The van der Waals surface area contributed by atoms with Crippen LogP contribution in [0.15, 0.2) is 110 Å². The molecule has 0 saturated heterocycles. The van der Waals surface area contributed by atoms with E-state index in [9.17, 15) is 9.90 Å². The molecule has 0 spiro atoms. The van der Waals surface area contributed by atoms with E-state index in [2.05, 4.69) is 24.5 Å². The second-order valence-corrected chi connectivity index (χ2v) is 8.82. The predicted octanol–water partition coefficient (Wildman–Crippen LogP) is 7.31. The van der Waals surface area contributed by atoms with Gasteiger partial charge in [-0.25, -0.2) is 10.1 Å². The van der Waals surface area contributed by atoms with E-state index in [1.54, 1.807) is 36.4 Å². The van der Waals surface area contributed by atoms with Gasteiger partial charge in [-0.2, -0.15) is 0 Å². The van der Waals surface area contributed by atoms with Crippen molar-refractivity contribution in [2.24, 2.45) is 0 Å². The third-order valence-corrected chi connectivity index (χ3v) is 5.97. The van der Waals surface area contributed by atoms with Gasteiger partial charge in [0.15, 0.2) is 5.75 Å². The molecule has 0 radical (unpaired) electrons. The quantitative estimate of drug-likeness (QED) is 0.0488. The van der Waals surface area contributed by atoms with Crippen molar-refractivity contribution in [3.8, 4) is 34.1 Å². The van der Waals surface area contributed by atoms with Crippen molar-refractivity contribution in [3.05, 3.63) is 127 Å². The molecule has 7 nitrogen and oxygen atoms in total. The van der Waals surface area contributed by atoms with Crippen LogP contribution < -0.4 is 19.1 Å². The number of aryl methyl sites for hydroxylation is 1. The highest BCUT2D eigenvalue weighted by Gasteiger charge is 2.10.